The second-order valence-corrected chi connectivity index (χ2v) is 10.1. The molecule has 3 rings (SSSR count). The van der Waals surface area contributed by atoms with Gasteiger partial charge in [-0.3, -0.25) is 0 Å². The summed E-state index contributed by atoms with van der Waals surface area (Å²) >= 11 is 6.28. The smallest absolute Gasteiger partial charge is 0.406 e. The third kappa shape index (κ3) is 9.10. The van der Waals surface area contributed by atoms with E-state index in [-0.39, 0.29) is 24.1 Å². The fraction of sp³-hybridized carbons (Fsp3) is 0.692. The predicted molar refractivity (Wildman–Crippen MR) is 139 cm³/mol. The van der Waals surface area contributed by atoms with Gasteiger partial charge in [0.05, 0.1) is 19.8 Å². The Labute approximate surface area is 219 Å². The number of hydrogen-bond acceptors (Lipinski definition) is 6. The van der Waals surface area contributed by atoms with Crippen molar-refractivity contribution in [1.82, 2.24) is 20.9 Å². The molecule has 4 atom stereocenters. The molecule has 36 heavy (non-hydrogen) atoms. The fourth-order valence-corrected chi connectivity index (χ4v) is 5.34. The van der Waals surface area contributed by atoms with Crippen molar-refractivity contribution in [3.8, 4) is 0 Å². The monoisotopic (exact) mass is 524 g/mol. The number of alkyl carbamates (subject to hydrolysis) is 1. The lowest BCUT2D eigenvalue weighted by molar-refractivity contribution is -0.00873. The van der Waals surface area contributed by atoms with Gasteiger partial charge in [0.1, 0.15) is 0 Å². The van der Waals surface area contributed by atoms with Gasteiger partial charge in [-0.25, -0.2) is 9.59 Å². The Morgan fingerprint density at radius 1 is 1.28 bits per heavy atom. The molecule has 9 nitrogen and oxygen atoms in total. The molecule has 10 heteroatoms. The van der Waals surface area contributed by atoms with Crippen molar-refractivity contribution in [3.05, 3.63) is 34.9 Å². The van der Waals surface area contributed by atoms with Crippen LogP contribution in [-0.2, 0) is 14.2 Å². The van der Waals surface area contributed by atoms with E-state index < -0.39 is 6.09 Å². The zero-order valence-corrected chi connectivity index (χ0v) is 22.2. The molecular formula is C26H41ClN4O5. The molecule has 0 aromatic heterocycles. The van der Waals surface area contributed by atoms with Gasteiger partial charge in [0, 0.05) is 56.4 Å². The van der Waals surface area contributed by atoms with Gasteiger partial charge in [-0.1, -0.05) is 23.7 Å². The number of likely N-dealkylation sites (N-methyl/N-ethyl adjacent to an activating group) is 1. The summed E-state index contributed by atoms with van der Waals surface area (Å²) in [6, 6.07) is 7.67. The van der Waals surface area contributed by atoms with Crippen LogP contribution >= 0.6 is 11.6 Å². The second kappa shape index (κ2) is 15.2. The summed E-state index contributed by atoms with van der Waals surface area (Å²) in [5.74, 6) is 0.585. The molecule has 1 aromatic rings. The van der Waals surface area contributed by atoms with Crippen molar-refractivity contribution in [2.75, 3.05) is 60.2 Å². The molecule has 2 aliphatic heterocycles. The maximum atomic E-state index is 13.3. The van der Waals surface area contributed by atoms with Gasteiger partial charge in [-0.15, -0.1) is 0 Å². The number of halogens is 1. The molecule has 0 bridgehead atoms. The molecule has 0 radical (unpaired) electrons. The summed E-state index contributed by atoms with van der Waals surface area (Å²) < 4.78 is 16.5. The van der Waals surface area contributed by atoms with E-state index in [0.29, 0.717) is 37.2 Å². The molecule has 0 spiro atoms. The first kappa shape index (κ1) is 28.5. The molecule has 0 saturated carbocycles. The minimum Gasteiger partial charge on any atom is -0.453 e. The SMILES string of the molecule is CNC[C@H](C[C@@H]1CCCOC1)NC(=O)N1CCCC([C@@H](OCCNC(=O)OC)c2cccc(Cl)c2)C1. The van der Waals surface area contributed by atoms with Crippen molar-refractivity contribution in [3.63, 3.8) is 0 Å². The van der Waals surface area contributed by atoms with Crippen LogP contribution in [0.5, 0.6) is 0 Å². The number of hydrogen-bond donors (Lipinski definition) is 3. The molecule has 202 valence electrons. The van der Waals surface area contributed by atoms with Gasteiger partial charge in [-0.05, 0) is 62.8 Å². The quantitative estimate of drug-likeness (QED) is 0.382. The average molecular weight is 525 g/mol. The third-order valence-electron chi connectivity index (χ3n) is 6.86. The Hall–Kier alpha value is -2.07. The third-order valence-corrected chi connectivity index (χ3v) is 7.09. The maximum Gasteiger partial charge on any atom is 0.406 e. The van der Waals surface area contributed by atoms with Gasteiger partial charge in [0.15, 0.2) is 0 Å². The van der Waals surface area contributed by atoms with Crippen LogP contribution in [-0.4, -0.2) is 83.2 Å². The number of methoxy groups -OCH3 is 1. The number of urea groups is 1. The first-order valence-corrected chi connectivity index (χ1v) is 13.3. The van der Waals surface area contributed by atoms with E-state index in [4.69, 9.17) is 21.1 Å². The van der Waals surface area contributed by atoms with Crippen LogP contribution in [0.1, 0.15) is 43.8 Å². The van der Waals surface area contributed by atoms with Gasteiger partial charge in [0.25, 0.3) is 0 Å². The summed E-state index contributed by atoms with van der Waals surface area (Å²) in [5.41, 5.74) is 0.971. The Morgan fingerprint density at radius 2 is 2.14 bits per heavy atom. The summed E-state index contributed by atoms with van der Waals surface area (Å²) in [7, 11) is 3.24. The van der Waals surface area contributed by atoms with Gasteiger partial charge >= 0.3 is 12.1 Å². The average Bonchev–Trinajstić information content (AvgIpc) is 2.89. The zero-order chi connectivity index (χ0) is 25.8. The number of benzene rings is 1. The van der Waals surface area contributed by atoms with Crippen molar-refractivity contribution in [2.45, 2.75) is 44.2 Å². The molecule has 2 fully saturated rings. The van der Waals surface area contributed by atoms with E-state index in [9.17, 15) is 9.59 Å². The molecule has 2 heterocycles. The van der Waals surface area contributed by atoms with Crippen LogP contribution < -0.4 is 16.0 Å². The van der Waals surface area contributed by atoms with Gasteiger partial charge in [0.2, 0.25) is 0 Å². The van der Waals surface area contributed by atoms with Crippen molar-refractivity contribution >= 4 is 23.7 Å². The molecule has 1 aromatic carbocycles. The number of amides is 3. The maximum absolute atomic E-state index is 13.3. The highest BCUT2D eigenvalue weighted by molar-refractivity contribution is 6.30. The summed E-state index contributed by atoms with van der Waals surface area (Å²) in [6.45, 7) is 4.29. The lowest BCUT2D eigenvalue weighted by Crippen LogP contribution is -2.52. The fourth-order valence-electron chi connectivity index (χ4n) is 5.14. The van der Waals surface area contributed by atoms with Crippen LogP contribution in [0.3, 0.4) is 0 Å². The zero-order valence-electron chi connectivity index (χ0n) is 21.5. The van der Waals surface area contributed by atoms with Gasteiger partial charge < -0.3 is 35.1 Å². The molecule has 0 aliphatic carbocycles. The van der Waals surface area contributed by atoms with Crippen molar-refractivity contribution in [2.24, 2.45) is 11.8 Å². The number of nitrogens with one attached hydrogen (secondary N) is 3. The van der Waals surface area contributed by atoms with E-state index >= 15 is 0 Å². The number of piperidine rings is 1. The molecule has 2 aliphatic rings. The number of carbonyl (C=O) groups is 2. The summed E-state index contributed by atoms with van der Waals surface area (Å²) in [5, 5.41) is 9.76. The Bertz CT molecular complexity index is 823. The van der Waals surface area contributed by atoms with E-state index in [1.54, 1.807) is 0 Å². The van der Waals surface area contributed by atoms with Crippen LogP contribution in [0.2, 0.25) is 5.02 Å². The van der Waals surface area contributed by atoms with Crippen LogP contribution in [0.15, 0.2) is 24.3 Å². The highest BCUT2D eigenvalue weighted by Crippen LogP contribution is 2.34. The second-order valence-electron chi connectivity index (χ2n) is 9.64. The van der Waals surface area contributed by atoms with Crippen LogP contribution in [0.4, 0.5) is 9.59 Å². The number of rotatable bonds is 11. The van der Waals surface area contributed by atoms with E-state index in [1.165, 1.54) is 7.11 Å². The van der Waals surface area contributed by atoms with Crippen molar-refractivity contribution < 1.29 is 23.8 Å². The lowest BCUT2D eigenvalue weighted by atomic mass is 9.88. The lowest BCUT2D eigenvalue weighted by Gasteiger charge is -2.38. The standard InChI is InChI=1S/C26H41ClN4O5/c1-28-16-23(14-19-6-5-12-35-18-19)30-25(32)31-11-4-8-21(17-31)24(20-7-3-9-22(27)15-20)36-13-10-29-26(33)34-2/h3,7,9,15,19,21,23-24,28H,4-6,8,10-14,16-18H2,1-2H3,(H,29,33)(H,30,32)/t19-,21?,23-,24-/m0/s1. The molecule has 2 saturated heterocycles. The minimum absolute atomic E-state index is 0.0334. The molecule has 3 N–H and O–H groups in total. The first-order chi connectivity index (χ1) is 17.5. The largest absolute Gasteiger partial charge is 0.453 e. The summed E-state index contributed by atoms with van der Waals surface area (Å²) in [4.78, 5) is 26.6. The molecule has 3 amide bonds. The van der Waals surface area contributed by atoms with E-state index in [0.717, 1.165) is 57.4 Å². The topological polar surface area (TPSA) is 101 Å². The number of ether oxygens (including phenoxy) is 3. The van der Waals surface area contributed by atoms with Crippen LogP contribution in [0, 0.1) is 11.8 Å². The Balaban J connectivity index is 1.62. The van der Waals surface area contributed by atoms with E-state index in [1.807, 2.05) is 36.2 Å². The van der Waals surface area contributed by atoms with E-state index in [2.05, 4.69) is 20.7 Å². The van der Waals surface area contributed by atoms with Crippen molar-refractivity contribution in [1.29, 1.82) is 0 Å². The first-order valence-electron chi connectivity index (χ1n) is 13.0. The minimum atomic E-state index is -0.491. The number of nitrogens with zero attached hydrogens (tertiary/aromatic N) is 1. The number of likely N-dealkylation sites (tertiary alicyclic amines) is 1. The van der Waals surface area contributed by atoms with Gasteiger partial charge in [-0.2, -0.15) is 0 Å². The molecular weight excluding hydrogens is 484 g/mol. The summed E-state index contributed by atoms with van der Waals surface area (Å²) in [6.07, 6.45) is 4.23. The highest BCUT2D eigenvalue weighted by Gasteiger charge is 2.32. The Morgan fingerprint density at radius 3 is 2.86 bits per heavy atom. The normalized spacial score (nSPS) is 21.9. The Kier molecular flexibility index (Phi) is 12.1. The molecule has 1 unspecified atom stereocenters. The number of carbonyl (C=O) groups excluding carboxylic acids is 2. The van der Waals surface area contributed by atoms with Crippen LogP contribution in [0.25, 0.3) is 0 Å². The predicted octanol–water partition coefficient (Wildman–Crippen LogP) is 3.58. The highest BCUT2D eigenvalue weighted by atomic mass is 35.5.